The fraction of sp³-hybridized carbons (Fsp3) is 0.615. The molecule has 6 heteroatoms. The quantitative estimate of drug-likeness (QED) is 0.737. The van der Waals surface area contributed by atoms with Crippen LogP contribution in [0, 0.1) is 4.51 Å². The monoisotopic (exact) mass is 285 g/mol. The minimum atomic E-state index is 0.497. The molecule has 0 unspecified atom stereocenters. The lowest BCUT2D eigenvalue weighted by molar-refractivity contribution is -0.00523. The smallest absolute Gasteiger partial charge is 0.0867 e. The Hall–Kier alpha value is -0.790. The fourth-order valence-corrected chi connectivity index (χ4v) is 2.03. The molecule has 1 aliphatic heterocycles. The molecule has 1 aromatic rings. The van der Waals surface area contributed by atoms with E-state index in [4.69, 9.17) is 31.2 Å². The molecule has 0 aliphatic carbocycles. The van der Waals surface area contributed by atoms with Crippen LogP contribution in [0.1, 0.15) is 11.4 Å². The minimum absolute atomic E-state index is 0.497. The highest BCUT2D eigenvalue weighted by Crippen LogP contribution is 2.05. The van der Waals surface area contributed by atoms with E-state index in [0.717, 1.165) is 15.9 Å². The Kier molecular flexibility index (Phi) is 6.46. The highest BCUT2D eigenvalue weighted by atomic mass is 32.1. The first-order valence-electron chi connectivity index (χ1n) is 6.38. The number of pyridine rings is 1. The van der Waals surface area contributed by atoms with Crippen LogP contribution in [0.2, 0.25) is 0 Å². The Bertz CT molecular complexity index is 400. The van der Waals surface area contributed by atoms with E-state index in [-0.39, 0.29) is 0 Å². The van der Waals surface area contributed by atoms with Gasteiger partial charge in [-0.25, -0.2) is 0 Å². The summed E-state index contributed by atoms with van der Waals surface area (Å²) in [5.74, 6) is 0. The number of hydrogen-bond donors (Lipinski definition) is 1. The van der Waals surface area contributed by atoms with Crippen molar-refractivity contribution < 1.29 is 18.9 Å². The van der Waals surface area contributed by atoms with E-state index in [2.05, 4.69) is 4.98 Å². The second kappa shape index (κ2) is 8.39. The Labute approximate surface area is 117 Å². The molecular formula is C13H19NO4S. The van der Waals surface area contributed by atoms with Crippen molar-refractivity contribution >= 4 is 12.2 Å². The molecular weight excluding hydrogens is 266 g/mol. The summed E-state index contributed by atoms with van der Waals surface area (Å²) in [5.41, 5.74) is 1.91. The van der Waals surface area contributed by atoms with Gasteiger partial charge in [-0.15, -0.1) is 0 Å². The predicted octanol–water partition coefficient (Wildman–Crippen LogP) is 1.82. The fourth-order valence-electron chi connectivity index (χ4n) is 1.74. The molecule has 0 saturated heterocycles. The van der Waals surface area contributed by atoms with Crippen molar-refractivity contribution in [1.82, 2.24) is 4.98 Å². The van der Waals surface area contributed by atoms with Crippen LogP contribution in [0.4, 0.5) is 0 Å². The third kappa shape index (κ3) is 5.80. The summed E-state index contributed by atoms with van der Waals surface area (Å²) >= 11 is 5.22. The Balaban J connectivity index is 1.96. The van der Waals surface area contributed by atoms with Crippen LogP contribution < -0.4 is 0 Å². The maximum atomic E-state index is 5.52. The van der Waals surface area contributed by atoms with Crippen molar-refractivity contribution in [3.05, 3.63) is 28.0 Å². The first-order chi connectivity index (χ1) is 9.34. The van der Waals surface area contributed by atoms with Gasteiger partial charge in [0.05, 0.1) is 52.9 Å². The molecule has 19 heavy (non-hydrogen) atoms. The molecule has 0 radical (unpaired) electrons. The molecule has 1 aliphatic rings. The lowest BCUT2D eigenvalue weighted by Crippen LogP contribution is -2.11. The number of fused-ring (bicyclic) bond motifs is 2. The van der Waals surface area contributed by atoms with Crippen LogP contribution in [0.5, 0.6) is 0 Å². The average molecular weight is 285 g/mol. The van der Waals surface area contributed by atoms with E-state index < -0.39 is 0 Å². The van der Waals surface area contributed by atoms with Crippen molar-refractivity contribution in [2.75, 3.05) is 39.6 Å². The zero-order valence-corrected chi connectivity index (χ0v) is 11.7. The third-order valence-electron chi connectivity index (χ3n) is 2.59. The zero-order valence-electron chi connectivity index (χ0n) is 10.9. The second-order valence-electron chi connectivity index (χ2n) is 4.20. The van der Waals surface area contributed by atoms with Crippen LogP contribution in [0.3, 0.4) is 0 Å². The summed E-state index contributed by atoms with van der Waals surface area (Å²) in [6.45, 7) is 4.41. The van der Waals surface area contributed by atoms with E-state index in [9.17, 15) is 0 Å². The number of nitrogens with one attached hydrogen (secondary N) is 1. The highest BCUT2D eigenvalue weighted by Gasteiger charge is 2.00. The number of rotatable bonds is 0. The molecule has 0 spiro atoms. The van der Waals surface area contributed by atoms with E-state index in [1.807, 2.05) is 12.1 Å². The summed E-state index contributed by atoms with van der Waals surface area (Å²) in [4.78, 5) is 3.26. The van der Waals surface area contributed by atoms with Gasteiger partial charge in [-0.3, -0.25) is 0 Å². The Morgan fingerprint density at radius 1 is 0.737 bits per heavy atom. The van der Waals surface area contributed by atoms with Gasteiger partial charge < -0.3 is 23.9 Å². The van der Waals surface area contributed by atoms with Gasteiger partial charge in [0.1, 0.15) is 0 Å². The molecule has 0 fully saturated rings. The van der Waals surface area contributed by atoms with Crippen molar-refractivity contribution in [3.63, 3.8) is 0 Å². The van der Waals surface area contributed by atoms with Gasteiger partial charge in [-0.2, -0.15) is 0 Å². The molecule has 5 nitrogen and oxygen atoms in total. The molecule has 2 bridgehead atoms. The van der Waals surface area contributed by atoms with Gasteiger partial charge in [0.2, 0.25) is 0 Å². The van der Waals surface area contributed by atoms with Crippen LogP contribution in [-0.2, 0) is 32.2 Å². The largest absolute Gasteiger partial charge is 0.377 e. The van der Waals surface area contributed by atoms with Crippen molar-refractivity contribution in [3.8, 4) is 0 Å². The normalized spacial score (nSPS) is 19.4. The second-order valence-corrected chi connectivity index (χ2v) is 4.67. The summed E-state index contributed by atoms with van der Waals surface area (Å²) in [7, 11) is 0. The summed E-state index contributed by atoms with van der Waals surface area (Å²) < 4.78 is 22.6. The maximum absolute atomic E-state index is 5.52. The SMILES string of the molecule is S=c1cc2[nH]c(c1)COCCOCCOCCOC2. The topological polar surface area (TPSA) is 52.7 Å². The van der Waals surface area contributed by atoms with E-state index in [1.165, 1.54) is 0 Å². The molecule has 106 valence electrons. The first kappa shape index (κ1) is 14.6. The number of ether oxygens (including phenoxy) is 4. The molecule has 2 heterocycles. The number of aromatic amines is 1. The van der Waals surface area contributed by atoms with E-state index in [0.29, 0.717) is 52.9 Å². The molecule has 0 aromatic carbocycles. The standard InChI is InChI=1S/C13H19NO4S/c19-13-7-11-9-17-5-3-15-1-2-16-4-6-18-10-12(8-13)14-11/h7-8H,1-6,9-10H2,(H,14,19). The zero-order chi connectivity index (χ0) is 13.3. The molecule has 2 rings (SSSR count). The summed E-state index contributed by atoms with van der Waals surface area (Å²) in [5, 5.41) is 0. The Morgan fingerprint density at radius 2 is 1.16 bits per heavy atom. The van der Waals surface area contributed by atoms with Crippen LogP contribution in [0.25, 0.3) is 0 Å². The molecule has 1 N–H and O–H groups in total. The van der Waals surface area contributed by atoms with Gasteiger partial charge in [-0.1, -0.05) is 12.2 Å². The van der Waals surface area contributed by atoms with Crippen molar-refractivity contribution in [2.45, 2.75) is 13.2 Å². The third-order valence-corrected chi connectivity index (χ3v) is 2.82. The van der Waals surface area contributed by atoms with Gasteiger partial charge in [0.25, 0.3) is 0 Å². The van der Waals surface area contributed by atoms with Gasteiger partial charge in [0.15, 0.2) is 0 Å². The number of hydrogen-bond acceptors (Lipinski definition) is 5. The minimum Gasteiger partial charge on any atom is -0.377 e. The molecule has 1 aromatic heterocycles. The summed E-state index contributed by atoms with van der Waals surface area (Å²) in [6, 6.07) is 3.81. The highest BCUT2D eigenvalue weighted by molar-refractivity contribution is 7.71. The van der Waals surface area contributed by atoms with Crippen LogP contribution >= 0.6 is 12.2 Å². The first-order valence-corrected chi connectivity index (χ1v) is 6.78. The molecule has 0 amide bonds. The summed E-state index contributed by atoms with van der Waals surface area (Å²) in [6.07, 6.45) is 0. The van der Waals surface area contributed by atoms with Gasteiger partial charge in [-0.05, 0) is 12.1 Å². The van der Waals surface area contributed by atoms with Gasteiger partial charge >= 0.3 is 0 Å². The maximum Gasteiger partial charge on any atom is 0.0867 e. The average Bonchev–Trinajstić information content (AvgIpc) is 2.39. The number of H-pyrrole nitrogens is 1. The molecule has 0 saturated carbocycles. The van der Waals surface area contributed by atoms with E-state index in [1.54, 1.807) is 0 Å². The van der Waals surface area contributed by atoms with Crippen molar-refractivity contribution in [2.24, 2.45) is 0 Å². The lowest BCUT2D eigenvalue weighted by Gasteiger charge is -2.08. The van der Waals surface area contributed by atoms with E-state index >= 15 is 0 Å². The van der Waals surface area contributed by atoms with Crippen LogP contribution in [-0.4, -0.2) is 44.6 Å². The molecule has 0 atom stereocenters. The van der Waals surface area contributed by atoms with Gasteiger partial charge in [0, 0.05) is 15.9 Å². The lowest BCUT2D eigenvalue weighted by atomic mass is 10.3. The van der Waals surface area contributed by atoms with Crippen LogP contribution in [0.15, 0.2) is 12.1 Å². The number of aromatic nitrogens is 1. The predicted molar refractivity (Wildman–Crippen MR) is 72.6 cm³/mol. The Morgan fingerprint density at radius 3 is 1.63 bits per heavy atom. The van der Waals surface area contributed by atoms with Crippen molar-refractivity contribution in [1.29, 1.82) is 0 Å².